The molecule has 2 N–H and O–H groups in total. The molecule has 116 valence electrons. The molecule has 0 spiro atoms. The average molecular weight is 309 g/mol. The number of fused-ring (bicyclic) bond motifs is 1. The molecule has 1 heterocycles. The number of hydrogen-bond acceptors (Lipinski definition) is 5. The quantitative estimate of drug-likeness (QED) is 0.618. The molecular formula is C16H23NO3S. The zero-order valence-corrected chi connectivity index (χ0v) is 13.4. The molecule has 4 nitrogen and oxygen atoms in total. The van der Waals surface area contributed by atoms with E-state index in [1.54, 1.807) is 18.7 Å². The highest BCUT2D eigenvalue weighted by Crippen LogP contribution is 2.30. The molecule has 0 amide bonds. The molecule has 21 heavy (non-hydrogen) atoms. The molecule has 1 aromatic carbocycles. The van der Waals surface area contributed by atoms with Crippen molar-refractivity contribution in [2.75, 3.05) is 18.1 Å². The van der Waals surface area contributed by atoms with Crippen molar-refractivity contribution in [1.82, 2.24) is 0 Å². The summed E-state index contributed by atoms with van der Waals surface area (Å²) in [5, 5.41) is 0. The van der Waals surface area contributed by atoms with Crippen LogP contribution in [0.3, 0.4) is 0 Å². The van der Waals surface area contributed by atoms with Gasteiger partial charge in [-0.15, -0.1) is 0 Å². The Morgan fingerprint density at radius 3 is 3.14 bits per heavy atom. The number of hydrogen-bond donors (Lipinski definition) is 1. The summed E-state index contributed by atoms with van der Waals surface area (Å²) in [6.45, 7) is 4.27. The van der Waals surface area contributed by atoms with Crippen LogP contribution in [-0.2, 0) is 16.0 Å². The number of esters is 1. The molecule has 2 unspecified atom stereocenters. The zero-order chi connectivity index (χ0) is 15.2. The monoisotopic (exact) mass is 309 g/mol. The van der Waals surface area contributed by atoms with Crippen LogP contribution in [-0.4, -0.2) is 36.2 Å². The molecule has 5 heteroatoms. The van der Waals surface area contributed by atoms with E-state index in [1.807, 2.05) is 6.07 Å². The van der Waals surface area contributed by atoms with Gasteiger partial charge < -0.3 is 15.2 Å². The van der Waals surface area contributed by atoms with E-state index in [0.29, 0.717) is 13.0 Å². The lowest BCUT2D eigenvalue weighted by atomic mass is 10.1. The molecule has 0 saturated heterocycles. The third-order valence-corrected chi connectivity index (χ3v) is 4.56. The minimum absolute atomic E-state index is 0.227. The zero-order valence-electron chi connectivity index (χ0n) is 12.6. The van der Waals surface area contributed by atoms with Crippen LogP contribution in [0.2, 0.25) is 0 Å². The standard InChI is InChI=1S/C16H23NO3S/c1-3-19-16(18)14(17)6-7-21-10-13-9-12-8-11(2)4-5-15(12)20-13/h4-5,8,13-14H,3,6-7,9-10,17H2,1-2H3. The fraction of sp³-hybridized carbons (Fsp3) is 0.562. The van der Waals surface area contributed by atoms with Crippen molar-refractivity contribution in [3.63, 3.8) is 0 Å². The van der Waals surface area contributed by atoms with Gasteiger partial charge in [-0.05, 0) is 37.7 Å². The predicted molar refractivity (Wildman–Crippen MR) is 85.8 cm³/mol. The Bertz CT molecular complexity index is 492. The molecule has 1 aromatic rings. The highest BCUT2D eigenvalue weighted by atomic mass is 32.2. The van der Waals surface area contributed by atoms with Crippen molar-refractivity contribution in [2.24, 2.45) is 5.73 Å². The SMILES string of the molecule is CCOC(=O)C(N)CCSCC1Cc2cc(C)ccc2O1. The van der Waals surface area contributed by atoms with E-state index < -0.39 is 6.04 Å². The number of ether oxygens (including phenoxy) is 2. The second-order valence-corrected chi connectivity index (χ2v) is 6.43. The van der Waals surface area contributed by atoms with Crippen molar-refractivity contribution >= 4 is 17.7 Å². The van der Waals surface area contributed by atoms with Gasteiger partial charge in [0, 0.05) is 12.2 Å². The Balaban J connectivity index is 1.66. The van der Waals surface area contributed by atoms with Crippen LogP contribution in [0.5, 0.6) is 5.75 Å². The van der Waals surface area contributed by atoms with E-state index in [1.165, 1.54) is 11.1 Å². The molecule has 2 rings (SSSR count). The normalized spacial score (nSPS) is 18.0. The molecule has 1 aliphatic heterocycles. The molecule has 0 fully saturated rings. The maximum Gasteiger partial charge on any atom is 0.322 e. The Morgan fingerprint density at radius 1 is 1.57 bits per heavy atom. The van der Waals surface area contributed by atoms with Gasteiger partial charge in [-0.1, -0.05) is 17.7 Å². The second-order valence-electron chi connectivity index (χ2n) is 5.28. The summed E-state index contributed by atoms with van der Waals surface area (Å²) >= 11 is 1.78. The van der Waals surface area contributed by atoms with E-state index >= 15 is 0 Å². The second kappa shape index (κ2) is 7.71. The Kier molecular flexibility index (Phi) is 5.94. The number of rotatable bonds is 7. The lowest BCUT2D eigenvalue weighted by Gasteiger charge is -2.12. The number of carbonyl (C=O) groups excluding carboxylic acids is 1. The molecule has 2 atom stereocenters. The fourth-order valence-corrected chi connectivity index (χ4v) is 3.37. The molecule has 1 aliphatic rings. The maximum atomic E-state index is 11.4. The predicted octanol–water partition coefficient (Wildman–Crippen LogP) is 2.31. The van der Waals surface area contributed by atoms with E-state index in [9.17, 15) is 4.79 Å². The number of thioether (sulfide) groups is 1. The molecule has 0 bridgehead atoms. The van der Waals surface area contributed by atoms with E-state index in [-0.39, 0.29) is 12.1 Å². The Hall–Kier alpha value is -1.20. The summed E-state index contributed by atoms with van der Waals surface area (Å²) in [4.78, 5) is 11.4. The van der Waals surface area contributed by atoms with Gasteiger partial charge in [-0.25, -0.2) is 0 Å². The summed E-state index contributed by atoms with van der Waals surface area (Å²) in [5.41, 5.74) is 8.33. The highest BCUT2D eigenvalue weighted by molar-refractivity contribution is 7.99. The van der Waals surface area contributed by atoms with Crippen LogP contribution in [0.1, 0.15) is 24.5 Å². The summed E-state index contributed by atoms with van der Waals surface area (Å²) < 4.78 is 10.8. The van der Waals surface area contributed by atoms with Crippen LogP contribution in [0.25, 0.3) is 0 Å². The first kappa shape index (κ1) is 16.2. The third kappa shape index (κ3) is 4.64. The maximum absolute atomic E-state index is 11.4. The first-order chi connectivity index (χ1) is 10.1. The number of benzene rings is 1. The van der Waals surface area contributed by atoms with Crippen molar-refractivity contribution in [1.29, 1.82) is 0 Å². The number of nitrogens with two attached hydrogens (primary N) is 1. The van der Waals surface area contributed by atoms with E-state index in [0.717, 1.165) is 23.7 Å². The average Bonchev–Trinajstić information content (AvgIpc) is 2.85. The van der Waals surface area contributed by atoms with Crippen molar-refractivity contribution in [3.8, 4) is 5.75 Å². The summed E-state index contributed by atoms with van der Waals surface area (Å²) in [6, 6.07) is 5.80. The third-order valence-electron chi connectivity index (χ3n) is 3.42. The Morgan fingerprint density at radius 2 is 2.38 bits per heavy atom. The highest BCUT2D eigenvalue weighted by Gasteiger charge is 2.23. The summed E-state index contributed by atoms with van der Waals surface area (Å²) in [6.07, 6.45) is 1.83. The van der Waals surface area contributed by atoms with Gasteiger partial charge in [0.1, 0.15) is 17.9 Å². The fourth-order valence-electron chi connectivity index (χ4n) is 2.33. The van der Waals surface area contributed by atoms with Gasteiger partial charge >= 0.3 is 5.97 Å². The van der Waals surface area contributed by atoms with E-state index in [4.69, 9.17) is 15.2 Å². The van der Waals surface area contributed by atoms with Gasteiger partial charge in [0.05, 0.1) is 6.61 Å². The van der Waals surface area contributed by atoms with Crippen LogP contribution >= 0.6 is 11.8 Å². The first-order valence-corrected chi connectivity index (χ1v) is 8.51. The summed E-state index contributed by atoms with van der Waals surface area (Å²) in [5.74, 6) is 2.46. The first-order valence-electron chi connectivity index (χ1n) is 7.36. The largest absolute Gasteiger partial charge is 0.489 e. The Labute approximate surface area is 130 Å². The molecule has 0 aromatic heterocycles. The topological polar surface area (TPSA) is 61.5 Å². The van der Waals surface area contributed by atoms with Crippen LogP contribution in [0, 0.1) is 6.92 Å². The van der Waals surface area contributed by atoms with Crippen molar-refractivity contribution < 1.29 is 14.3 Å². The minimum Gasteiger partial charge on any atom is -0.489 e. The van der Waals surface area contributed by atoms with Crippen LogP contribution in [0.15, 0.2) is 18.2 Å². The van der Waals surface area contributed by atoms with Crippen molar-refractivity contribution in [2.45, 2.75) is 38.8 Å². The molecule has 0 radical (unpaired) electrons. The van der Waals surface area contributed by atoms with Gasteiger partial charge in [0.15, 0.2) is 0 Å². The van der Waals surface area contributed by atoms with Crippen molar-refractivity contribution in [3.05, 3.63) is 29.3 Å². The van der Waals surface area contributed by atoms with Crippen LogP contribution in [0.4, 0.5) is 0 Å². The molecule has 0 aliphatic carbocycles. The minimum atomic E-state index is -0.512. The van der Waals surface area contributed by atoms with Gasteiger partial charge in [0.2, 0.25) is 0 Å². The molecule has 0 saturated carbocycles. The van der Waals surface area contributed by atoms with E-state index in [2.05, 4.69) is 19.1 Å². The van der Waals surface area contributed by atoms with Gasteiger partial charge in [-0.2, -0.15) is 11.8 Å². The lowest BCUT2D eigenvalue weighted by Crippen LogP contribution is -2.33. The van der Waals surface area contributed by atoms with Crippen LogP contribution < -0.4 is 10.5 Å². The number of aryl methyl sites for hydroxylation is 1. The van der Waals surface area contributed by atoms with Gasteiger partial charge in [-0.3, -0.25) is 4.79 Å². The number of carbonyl (C=O) groups is 1. The summed E-state index contributed by atoms with van der Waals surface area (Å²) in [7, 11) is 0. The molecular weight excluding hydrogens is 286 g/mol. The lowest BCUT2D eigenvalue weighted by molar-refractivity contribution is -0.144. The van der Waals surface area contributed by atoms with Gasteiger partial charge in [0.25, 0.3) is 0 Å². The smallest absolute Gasteiger partial charge is 0.322 e.